The van der Waals surface area contributed by atoms with Crippen LogP contribution < -0.4 is 4.90 Å². The van der Waals surface area contributed by atoms with E-state index in [9.17, 15) is 0 Å². The molecular weight excluding hydrogens is 324 g/mol. The lowest BCUT2D eigenvalue weighted by molar-refractivity contribution is 0.249. The Morgan fingerprint density at radius 1 is 0.885 bits per heavy atom. The van der Waals surface area contributed by atoms with E-state index in [1.807, 2.05) is 31.3 Å². The first-order valence-electron chi connectivity index (χ1n) is 9.06. The number of anilines is 1. The van der Waals surface area contributed by atoms with Crippen LogP contribution in [0.3, 0.4) is 0 Å². The molecule has 3 heterocycles. The van der Waals surface area contributed by atoms with Crippen molar-refractivity contribution >= 4 is 5.82 Å². The van der Waals surface area contributed by atoms with Crippen molar-refractivity contribution in [2.45, 2.75) is 20.4 Å². The van der Waals surface area contributed by atoms with Crippen molar-refractivity contribution in [1.29, 1.82) is 0 Å². The number of rotatable bonds is 4. The number of hydrogen-bond acceptors (Lipinski definition) is 5. The van der Waals surface area contributed by atoms with Gasteiger partial charge >= 0.3 is 0 Å². The fourth-order valence-corrected chi connectivity index (χ4v) is 3.36. The van der Waals surface area contributed by atoms with Crippen LogP contribution in [0.15, 0.2) is 48.7 Å². The highest BCUT2D eigenvalue weighted by Gasteiger charge is 2.18. The molecule has 2 aromatic heterocycles. The second-order valence-corrected chi connectivity index (χ2v) is 6.90. The Kier molecular flexibility index (Phi) is 4.67. The fourth-order valence-electron chi connectivity index (χ4n) is 3.36. The average molecular weight is 348 g/mol. The van der Waals surface area contributed by atoms with Gasteiger partial charge in [-0.2, -0.15) is 5.10 Å². The number of benzene rings is 1. The molecule has 0 radical (unpaired) electrons. The Labute approximate surface area is 154 Å². The summed E-state index contributed by atoms with van der Waals surface area (Å²) in [5.41, 5.74) is 3.68. The summed E-state index contributed by atoms with van der Waals surface area (Å²) in [6, 6.07) is 14.7. The molecule has 0 unspecified atom stereocenters. The molecule has 1 fully saturated rings. The van der Waals surface area contributed by atoms with Crippen LogP contribution >= 0.6 is 0 Å². The van der Waals surface area contributed by atoms with Gasteiger partial charge < -0.3 is 4.90 Å². The molecule has 6 heteroatoms. The minimum Gasteiger partial charge on any atom is -0.353 e. The van der Waals surface area contributed by atoms with Gasteiger partial charge in [0.2, 0.25) is 0 Å². The summed E-state index contributed by atoms with van der Waals surface area (Å²) in [5, 5.41) is 13.1. The summed E-state index contributed by atoms with van der Waals surface area (Å²) in [7, 11) is 0. The van der Waals surface area contributed by atoms with E-state index in [0.29, 0.717) is 0 Å². The van der Waals surface area contributed by atoms with Crippen molar-refractivity contribution in [1.82, 2.24) is 24.9 Å². The molecule has 26 heavy (non-hydrogen) atoms. The number of aryl methyl sites for hydroxylation is 2. The third-order valence-corrected chi connectivity index (χ3v) is 4.78. The van der Waals surface area contributed by atoms with Crippen molar-refractivity contribution in [3.8, 4) is 5.82 Å². The Morgan fingerprint density at radius 3 is 2.31 bits per heavy atom. The van der Waals surface area contributed by atoms with E-state index in [1.54, 1.807) is 4.68 Å². The summed E-state index contributed by atoms with van der Waals surface area (Å²) in [5.74, 6) is 1.69. The Morgan fingerprint density at radius 2 is 1.65 bits per heavy atom. The van der Waals surface area contributed by atoms with Crippen LogP contribution in [-0.2, 0) is 6.54 Å². The predicted molar refractivity (Wildman–Crippen MR) is 103 cm³/mol. The summed E-state index contributed by atoms with van der Waals surface area (Å²) < 4.78 is 1.76. The van der Waals surface area contributed by atoms with Gasteiger partial charge in [-0.3, -0.25) is 4.90 Å². The molecule has 4 rings (SSSR count). The zero-order valence-electron chi connectivity index (χ0n) is 15.3. The third-order valence-electron chi connectivity index (χ3n) is 4.78. The van der Waals surface area contributed by atoms with E-state index in [1.165, 1.54) is 11.1 Å². The quantitative estimate of drug-likeness (QED) is 0.725. The van der Waals surface area contributed by atoms with Crippen molar-refractivity contribution in [3.63, 3.8) is 0 Å². The Hall–Kier alpha value is -2.73. The smallest absolute Gasteiger partial charge is 0.175 e. The largest absolute Gasteiger partial charge is 0.353 e. The molecule has 0 spiro atoms. The normalized spacial score (nSPS) is 15.4. The molecule has 1 saturated heterocycles. The number of aromatic nitrogens is 4. The summed E-state index contributed by atoms with van der Waals surface area (Å²) in [6.07, 6.45) is 1.91. The lowest BCUT2D eigenvalue weighted by Gasteiger charge is -2.35. The van der Waals surface area contributed by atoms with E-state index < -0.39 is 0 Å². The van der Waals surface area contributed by atoms with Crippen molar-refractivity contribution in [3.05, 3.63) is 65.5 Å². The van der Waals surface area contributed by atoms with E-state index in [4.69, 9.17) is 0 Å². The number of hydrogen-bond donors (Lipinski definition) is 0. The van der Waals surface area contributed by atoms with Gasteiger partial charge in [-0.1, -0.05) is 29.8 Å². The van der Waals surface area contributed by atoms with Gasteiger partial charge in [0, 0.05) is 38.9 Å². The third kappa shape index (κ3) is 3.75. The SMILES string of the molecule is Cc1cccc(CN2CCN(c3ccc(-n4ccc(C)n4)nn3)CC2)c1. The number of nitrogens with zero attached hydrogens (tertiary/aromatic N) is 6. The van der Waals surface area contributed by atoms with Crippen LogP contribution in [0.4, 0.5) is 5.82 Å². The maximum atomic E-state index is 4.41. The molecule has 6 nitrogen and oxygen atoms in total. The highest BCUT2D eigenvalue weighted by molar-refractivity contribution is 5.40. The van der Waals surface area contributed by atoms with Gasteiger partial charge in [-0.25, -0.2) is 4.68 Å². The Bertz CT molecular complexity index is 862. The molecular formula is C20H24N6. The van der Waals surface area contributed by atoms with E-state index in [0.717, 1.165) is 50.1 Å². The average Bonchev–Trinajstić information content (AvgIpc) is 3.09. The zero-order valence-corrected chi connectivity index (χ0v) is 15.3. The summed E-state index contributed by atoms with van der Waals surface area (Å²) in [4.78, 5) is 4.80. The monoisotopic (exact) mass is 348 g/mol. The molecule has 0 N–H and O–H groups in total. The van der Waals surface area contributed by atoms with Crippen LogP contribution in [0.2, 0.25) is 0 Å². The van der Waals surface area contributed by atoms with Crippen LogP contribution in [0.5, 0.6) is 0 Å². The van der Waals surface area contributed by atoms with Gasteiger partial charge in [0.25, 0.3) is 0 Å². The van der Waals surface area contributed by atoms with E-state index >= 15 is 0 Å². The molecule has 0 saturated carbocycles. The highest BCUT2D eigenvalue weighted by Crippen LogP contribution is 2.16. The molecule has 1 aliphatic rings. The predicted octanol–water partition coefficient (Wildman–Crippen LogP) is 2.60. The molecule has 0 aliphatic carbocycles. The zero-order chi connectivity index (χ0) is 17.9. The van der Waals surface area contributed by atoms with Crippen molar-refractivity contribution in [2.24, 2.45) is 0 Å². The van der Waals surface area contributed by atoms with Crippen molar-refractivity contribution < 1.29 is 0 Å². The highest BCUT2D eigenvalue weighted by atomic mass is 15.4. The van der Waals surface area contributed by atoms with Crippen molar-refractivity contribution in [2.75, 3.05) is 31.1 Å². The van der Waals surface area contributed by atoms with Crippen LogP contribution in [-0.4, -0.2) is 51.1 Å². The minimum absolute atomic E-state index is 0.750. The van der Waals surface area contributed by atoms with Crippen LogP contribution in [0.1, 0.15) is 16.8 Å². The first kappa shape index (κ1) is 16.7. The lowest BCUT2D eigenvalue weighted by Crippen LogP contribution is -2.46. The van der Waals surface area contributed by atoms with Gasteiger partial charge in [0.15, 0.2) is 11.6 Å². The first-order valence-corrected chi connectivity index (χ1v) is 9.06. The molecule has 3 aromatic rings. The maximum Gasteiger partial charge on any atom is 0.175 e. The molecule has 0 atom stereocenters. The minimum atomic E-state index is 0.750. The standard InChI is InChI=1S/C20H24N6/c1-16-4-3-5-18(14-16)15-24-10-12-25(13-11-24)19-6-7-20(22-21-19)26-9-8-17(2)23-26/h3-9,14H,10-13,15H2,1-2H3. The van der Waals surface area contributed by atoms with Gasteiger partial charge in [0.05, 0.1) is 5.69 Å². The van der Waals surface area contributed by atoms with Crippen LogP contribution in [0.25, 0.3) is 5.82 Å². The maximum absolute atomic E-state index is 4.41. The first-order chi connectivity index (χ1) is 12.7. The van der Waals surface area contributed by atoms with E-state index in [2.05, 4.69) is 56.3 Å². The second kappa shape index (κ2) is 7.25. The number of piperazine rings is 1. The van der Waals surface area contributed by atoms with E-state index in [-0.39, 0.29) is 0 Å². The topological polar surface area (TPSA) is 50.1 Å². The summed E-state index contributed by atoms with van der Waals surface area (Å²) >= 11 is 0. The molecule has 1 aliphatic heterocycles. The lowest BCUT2D eigenvalue weighted by atomic mass is 10.1. The summed E-state index contributed by atoms with van der Waals surface area (Å²) in [6.45, 7) is 9.15. The van der Waals surface area contributed by atoms with Gasteiger partial charge in [-0.05, 0) is 37.6 Å². The molecule has 1 aromatic carbocycles. The molecule has 0 bridgehead atoms. The fraction of sp³-hybridized carbons (Fsp3) is 0.350. The second-order valence-electron chi connectivity index (χ2n) is 6.90. The van der Waals surface area contributed by atoms with Crippen LogP contribution in [0, 0.1) is 13.8 Å². The molecule has 0 amide bonds. The Balaban J connectivity index is 1.35. The van der Waals surface area contributed by atoms with Gasteiger partial charge in [-0.15, -0.1) is 10.2 Å². The molecule has 134 valence electrons. The van der Waals surface area contributed by atoms with Gasteiger partial charge in [0.1, 0.15) is 0 Å².